The fraction of sp³-hybridized carbons (Fsp3) is 0.667. The van der Waals surface area contributed by atoms with Gasteiger partial charge in [0.05, 0.1) is 0 Å². The molecule has 2 rings (SSSR count). The minimum Gasteiger partial charge on any atom is -0.315 e. The maximum absolute atomic E-state index is 4.70. The van der Waals surface area contributed by atoms with Crippen LogP contribution in [0.15, 0.2) is 18.3 Å². The van der Waals surface area contributed by atoms with Crippen molar-refractivity contribution in [3.8, 4) is 0 Å². The predicted octanol–water partition coefficient (Wildman–Crippen LogP) is 3.16. The highest BCUT2D eigenvalue weighted by molar-refractivity contribution is 5.23. The molecule has 0 unspecified atom stereocenters. The SMILES string of the molecule is CC(C)C(c1ccc(C2CNC2)cn1)C(C)C. The van der Waals surface area contributed by atoms with Gasteiger partial charge in [0, 0.05) is 36.8 Å². The Morgan fingerprint density at radius 1 is 1.12 bits per heavy atom. The van der Waals surface area contributed by atoms with Crippen molar-refractivity contribution in [2.24, 2.45) is 11.8 Å². The third kappa shape index (κ3) is 2.68. The first-order valence-electron chi connectivity index (χ1n) is 6.76. The molecule has 0 bridgehead atoms. The Morgan fingerprint density at radius 2 is 1.76 bits per heavy atom. The molecule has 0 atom stereocenters. The maximum Gasteiger partial charge on any atom is 0.0439 e. The van der Waals surface area contributed by atoms with Crippen LogP contribution in [0.1, 0.15) is 50.8 Å². The standard InChI is InChI=1S/C15H24N2/c1-10(2)15(11(3)4)14-6-5-12(9-17-14)13-7-16-8-13/h5-6,9-11,13,15-16H,7-8H2,1-4H3. The Bertz CT molecular complexity index is 342. The number of pyridine rings is 1. The summed E-state index contributed by atoms with van der Waals surface area (Å²) in [5.41, 5.74) is 2.64. The van der Waals surface area contributed by atoms with E-state index in [1.165, 1.54) is 11.3 Å². The quantitative estimate of drug-likeness (QED) is 0.862. The lowest BCUT2D eigenvalue weighted by atomic mass is 9.82. The summed E-state index contributed by atoms with van der Waals surface area (Å²) in [6, 6.07) is 4.50. The van der Waals surface area contributed by atoms with E-state index >= 15 is 0 Å². The highest BCUT2D eigenvalue weighted by Crippen LogP contribution is 2.31. The number of hydrogen-bond donors (Lipinski definition) is 1. The summed E-state index contributed by atoms with van der Waals surface area (Å²) in [5, 5.41) is 3.31. The zero-order chi connectivity index (χ0) is 12.4. The molecule has 1 aliphatic rings. The lowest BCUT2D eigenvalue weighted by molar-refractivity contribution is 0.379. The minimum absolute atomic E-state index is 0.573. The van der Waals surface area contributed by atoms with E-state index in [-0.39, 0.29) is 0 Å². The van der Waals surface area contributed by atoms with E-state index in [0.717, 1.165) is 13.1 Å². The van der Waals surface area contributed by atoms with Crippen molar-refractivity contribution in [3.63, 3.8) is 0 Å². The fourth-order valence-corrected chi connectivity index (χ4v) is 2.83. The van der Waals surface area contributed by atoms with Gasteiger partial charge in [0.2, 0.25) is 0 Å². The second kappa shape index (κ2) is 5.18. The molecule has 0 amide bonds. The molecule has 2 heterocycles. The van der Waals surface area contributed by atoms with E-state index < -0.39 is 0 Å². The smallest absolute Gasteiger partial charge is 0.0439 e. The van der Waals surface area contributed by atoms with E-state index in [1.54, 1.807) is 0 Å². The molecule has 17 heavy (non-hydrogen) atoms. The Balaban J connectivity index is 2.15. The van der Waals surface area contributed by atoms with Crippen molar-refractivity contribution < 1.29 is 0 Å². The van der Waals surface area contributed by atoms with Crippen LogP contribution in [-0.4, -0.2) is 18.1 Å². The molecule has 1 saturated heterocycles. The van der Waals surface area contributed by atoms with Crippen molar-refractivity contribution >= 4 is 0 Å². The summed E-state index contributed by atoms with van der Waals surface area (Å²) < 4.78 is 0. The normalized spacial score (nSPS) is 16.9. The zero-order valence-corrected chi connectivity index (χ0v) is 11.4. The van der Waals surface area contributed by atoms with Crippen LogP contribution in [-0.2, 0) is 0 Å². The van der Waals surface area contributed by atoms with Crippen LogP contribution in [0.3, 0.4) is 0 Å². The molecule has 2 nitrogen and oxygen atoms in total. The second-order valence-corrected chi connectivity index (χ2v) is 5.89. The summed E-state index contributed by atoms with van der Waals surface area (Å²) in [6.45, 7) is 11.4. The van der Waals surface area contributed by atoms with Gasteiger partial charge >= 0.3 is 0 Å². The van der Waals surface area contributed by atoms with Crippen LogP contribution in [0.2, 0.25) is 0 Å². The fourth-order valence-electron chi connectivity index (χ4n) is 2.83. The van der Waals surface area contributed by atoms with Gasteiger partial charge in [0.15, 0.2) is 0 Å². The molecule has 1 aliphatic heterocycles. The first-order chi connectivity index (χ1) is 8.09. The van der Waals surface area contributed by atoms with Crippen LogP contribution < -0.4 is 5.32 Å². The first kappa shape index (κ1) is 12.6. The molecule has 1 aromatic rings. The van der Waals surface area contributed by atoms with E-state index in [4.69, 9.17) is 4.98 Å². The highest BCUT2D eigenvalue weighted by Gasteiger charge is 2.23. The summed E-state index contributed by atoms with van der Waals surface area (Å²) in [4.78, 5) is 4.70. The van der Waals surface area contributed by atoms with Crippen molar-refractivity contribution in [2.75, 3.05) is 13.1 Å². The van der Waals surface area contributed by atoms with Crippen LogP contribution in [0.25, 0.3) is 0 Å². The lowest BCUT2D eigenvalue weighted by Crippen LogP contribution is -2.39. The van der Waals surface area contributed by atoms with E-state index in [1.807, 2.05) is 0 Å². The number of nitrogens with zero attached hydrogens (tertiary/aromatic N) is 1. The third-order valence-corrected chi connectivity index (χ3v) is 3.84. The van der Waals surface area contributed by atoms with Gasteiger partial charge in [0.25, 0.3) is 0 Å². The largest absolute Gasteiger partial charge is 0.315 e. The third-order valence-electron chi connectivity index (χ3n) is 3.84. The van der Waals surface area contributed by atoms with Crippen LogP contribution in [0, 0.1) is 11.8 Å². The van der Waals surface area contributed by atoms with Crippen molar-refractivity contribution in [2.45, 2.75) is 39.5 Å². The van der Waals surface area contributed by atoms with Gasteiger partial charge in [0.1, 0.15) is 0 Å². The second-order valence-electron chi connectivity index (χ2n) is 5.89. The molecule has 94 valence electrons. The summed E-state index contributed by atoms with van der Waals surface area (Å²) >= 11 is 0. The van der Waals surface area contributed by atoms with E-state index in [2.05, 4.69) is 51.3 Å². The van der Waals surface area contributed by atoms with E-state index in [0.29, 0.717) is 23.7 Å². The van der Waals surface area contributed by atoms with Gasteiger partial charge in [-0.3, -0.25) is 4.98 Å². The average molecular weight is 232 g/mol. The molecule has 2 heteroatoms. The molecular formula is C15H24N2. The van der Waals surface area contributed by atoms with Gasteiger partial charge in [-0.1, -0.05) is 33.8 Å². The summed E-state index contributed by atoms with van der Waals surface area (Å²) in [5.74, 6) is 2.56. The molecular weight excluding hydrogens is 208 g/mol. The molecule has 1 aromatic heterocycles. The summed E-state index contributed by atoms with van der Waals surface area (Å²) in [7, 11) is 0. The Kier molecular flexibility index (Phi) is 3.82. The summed E-state index contributed by atoms with van der Waals surface area (Å²) in [6.07, 6.45) is 2.08. The van der Waals surface area contributed by atoms with Crippen LogP contribution >= 0.6 is 0 Å². The molecule has 0 spiro atoms. The van der Waals surface area contributed by atoms with Crippen molar-refractivity contribution in [1.29, 1.82) is 0 Å². The molecule has 1 fully saturated rings. The highest BCUT2D eigenvalue weighted by atomic mass is 14.9. The number of nitrogens with one attached hydrogen (secondary N) is 1. The predicted molar refractivity (Wildman–Crippen MR) is 72.3 cm³/mol. The van der Waals surface area contributed by atoms with Gasteiger partial charge in [-0.2, -0.15) is 0 Å². The van der Waals surface area contributed by atoms with Gasteiger partial charge in [-0.05, 0) is 23.5 Å². The Labute approximate surface area is 105 Å². The van der Waals surface area contributed by atoms with Gasteiger partial charge < -0.3 is 5.32 Å². The van der Waals surface area contributed by atoms with Crippen molar-refractivity contribution in [1.82, 2.24) is 10.3 Å². The molecule has 0 saturated carbocycles. The molecule has 0 aliphatic carbocycles. The Hall–Kier alpha value is -0.890. The monoisotopic (exact) mass is 232 g/mol. The average Bonchev–Trinajstić information content (AvgIpc) is 2.17. The number of aromatic nitrogens is 1. The van der Waals surface area contributed by atoms with Crippen LogP contribution in [0.4, 0.5) is 0 Å². The lowest BCUT2D eigenvalue weighted by Gasteiger charge is -2.28. The number of rotatable bonds is 4. The molecule has 0 radical (unpaired) electrons. The minimum atomic E-state index is 0.573. The van der Waals surface area contributed by atoms with Crippen LogP contribution in [0.5, 0.6) is 0 Å². The van der Waals surface area contributed by atoms with E-state index in [9.17, 15) is 0 Å². The van der Waals surface area contributed by atoms with Gasteiger partial charge in [-0.25, -0.2) is 0 Å². The molecule has 1 N–H and O–H groups in total. The zero-order valence-electron chi connectivity index (χ0n) is 11.4. The molecule has 0 aromatic carbocycles. The van der Waals surface area contributed by atoms with Gasteiger partial charge in [-0.15, -0.1) is 0 Å². The first-order valence-corrected chi connectivity index (χ1v) is 6.76. The number of hydrogen-bond acceptors (Lipinski definition) is 2. The topological polar surface area (TPSA) is 24.9 Å². The Morgan fingerprint density at radius 3 is 2.12 bits per heavy atom. The maximum atomic E-state index is 4.70. The van der Waals surface area contributed by atoms with Crippen molar-refractivity contribution in [3.05, 3.63) is 29.6 Å².